The maximum atomic E-state index is 12.0. The van der Waals surface area contributed by atoms with Crippen LogP contribution in [0.25, 0.3) is 0 Å². The molecule has 0 aliphatic heterocycles. The minimum atomic E-state index is -4.18. The molecule has 0 saturated heterocycles. The second kappa shape index (κ2) is 6.75. The molecule has 0 fully saturated rings. The van der Waals surface area contributed by atoms with Gasteiger partial charge in [0, 0.05) is 10.2 Å². The fourth-order valence-electron chi connectivity index (χ4n) is 1.00. The van der Waals surface area contributed by atoms with Gasteiger partial charge in [0.1, 0.15) is 5.75 Å². The minimum absolute atomic E-state index is 0.318. The topological polar surface area (TPSA) is 9.23 Å². The number of benzene rings is 1. The van der Waals surface area contributed by atoms with E-state index in [1.165, 1.54) is 6.07 Å². The maximum absolute atomic E-state index is 12.0. The molecular weight excluding hydrogens is 341 g/mol. The molecule has 1 aromatic carbocycles. The van der Waals surface area contributed by atoms with E-state index in [2.05, 4.69) is 15.9 Å². The van der Waals surface area contributed by atoms with Crippen molar-refractivity contribution in [1.29, 1.82) is 0 Å². The highest BCUT2D eigenvalue weighted by Crippen LogP contribution is 2.32. The van der Waals surface area contributed by atoms with E-state index in [0.29, 0.717) is 39.4 Å². The zero-order valence-corrected chi connectivity index (χ0v) is 11.7. The van der Waals surface area contributed by atoms with E-state index in [1.54, 1.807) is 12.1 Å². The van der Waals surface area contributed by atoms with Crippen molar-refractivity contribution in [2.45, 2.75) is 11.1 Å². The summed E-state index contributed by atoms with van der Waals surface area (Å²) in [4.78, 5) is 0.471. The van der Waals surface area contributed by atoms with Crippen LogP contribution in [0.3, 0.4) is 0 Å². The molecular formula is C10H9BrClF3OS. The Morgan fingerprint density at radius 1 is 1.35 bits per heavy atom. The molecule has 96 valence electrons. The summed E-state index contributed by atoms with van der Waals surface area (Å²) in [5.74, 6) is -0.451. The van der Waals surface area contributed by atoms with E-state index in [0.717, 1.165) is 0 Å². The molecule has 0 aromatic heterocycles. The van der Waals surface area contributed by atoms with E-state index in [4.69, 9.17) is 16.3 Å². The van der Waals surface area contributed by atoms with Gasteiger partial charge in [0.25, 0.3) is 0 Å². The first-order chi connectivity index (χ1) is 7.92. The highest BCUT2D eigenvalue weighted by molar-refractivity contribution is 9.09. The number of alkyl halides is 4. The summed E-state index contributed by atoms with van der Waals surface area (Å²) < 4.78 is 41.3. The van der Waals surface area contributed by atoms with E-state index < -0.39 is 11.9 Å². The lowest BCUT2D eigenvalue weighted by Gasteiger charge is -2.09. The molecule has 1 nitrogen and oxygen atoms in total. The standard InChI is InChI=1S/C10H9BrClF3OS/c11-3-4-16-9-2-1-7(5-8(9)12)17-6-10(13,14)15/h1-2,5H,3-4,6H2. The van der Waals surface area contributed by atoms with Gasteiger partial charge >= 0.3 is 6.18 Å². The molecule has 0 aliphatic carbocycles. The Morgan fingerprint density at radius 3 is 2.59 bits per heavy atom. The van der Waals surface area contributed by atoms with Gasteiger partial charge in [-0.25, -0.2) is 0 Å². The molecule has 0 aliphatic rings. The number of ether oxygens (including phenoxy) is 1. The van der Waals surface area contributed by atoms with Crippen molar-refractivity contribution in [3.8, 4) is 5.75 Å². The molecule has 0 amide bonds. The Kier molecular flexibility index (Phi) is 5.95. The molecule has 7 heteroatoms. The summed E-state index contributed by atoms with van der Waals surface area (Å²) in [6.45, 7) is 0.453. The first-order valence-electron chi connectivity index (χ1n) is 4.60. The lowest BCUT2D eigenvalue weighted by Crippen LogP contribution is -2.10. The average Bonchev–Trinajstić information content (AvgIpc) is 2.24. The van der Waals surface area contributed by atoms with E-state index in [1.807, 2.05) is 0 Å². The van der Waals surface area contributed by atoms with Gasteiger partial charge in [-0.3, -0.25) is 0 Å². The zero-order valence-electron chi connectivity index (χ0n) is 8.56. The minimum Gasteiger partial charge on any atom is -0.491 e. The molecule has 0 heterocycles. The predicted molar refractivity (Wildman–Crippen MR) is 67.5 cm³/mol. The van der Waals surface area contributed by atoms with Crippen LogP contribution in [0.5, 0.6) is 5.75 Å². The molecule has 1 rings (SSSR count). The molecule has 0 bridgehead atoms. The Morgan fingerprint density at radius 2 is 2.06 bits per heavy atom. The summed E-state index contributed by atoms with van der Waals surface area (Å²) >= 11 is 9.78. The van der Waals surface area contributed by atoms with Crippen LogP contribution in [0.4, 0.5) is 13.2 Å². The number of hydrogen-bond donors (Lipinski definition) is 0. The molecule has 0 radical (unpaired) electrons. The van der Waals surface area contributed by atoms with Crippen LogP contribution in [0.1, 0.15) is 0 Å². The van der Waals surface area contributed by atoms with Crippen LogP contribution < -0.4 is 4.74 Å². The van der Waals surface area contributed by atoms with Crippen molar-refractivity contribution in [3.05, 3.63) is 23.2 Å². The summed E-state index contributed by atoms with van der Waals surface area (Å²) in [6.07, 6.45) is -4.18. The molecule has 0 saturated carbocycles. The lowest BCUT2D eigenvalue weighted by molar-refractivity contribution is -0.105. The largest absolute Gasteiger partial charge is 0.491 e. The molecule has 17 heavy (non-hydrogen) atoms. The summed E-state index contributed by atoms with van der Waals surface area (Å²) in [6, 6.07) is 4.61. The summed E-state index contributed by atoms with van der Waals surface area (Å²) in [5.41, 5.74) is 0. The molecule has 0 spiro atoms. The number of rotatable bonds is 5. The number of halogens is 5. The van der Waals surface area contributed by atoms with Crippen LogP contribution in [0.15, 0.2) is 23.1 Å². The SMILES string of the molecule is FC(F)(F)CSc1ccc(OCCBr)c(Cl)c1. The van der Waals surface area contributed by atoms with Gasteiger partial charge < -0.3 is 4.74 Å². The second-order valence-electron chi connectivity index (χ2n) is 3.03. The zero-order chi connectivity index (χ0) is 12.9. The third-order valence-electron chi connectivity index (χ3n) is 1.64. The predicted octanol–water partition coefficient (Wildman–Crippen LogP) is 4.77. The highest BCUT2D eigenvalue weighted by Gasteiger charge is 2.27. The van der Waals surface area contributed by atoms with Crippen LogP contribution in [-0.4, -0.2) is 23.9 Å². The Bertz CT molecular complexity index is 373. The van der Waals surface area contributed by atoms with E-state index in [-0.39, 0.29) is 0 Å². The summed E-state index contributed by atoms with van der Waals surface area (Å²) in [5, 5.41) is 0.978. The van der Waals surface area contributed by atoms with Gasteiger partial charge in [-0.2, -0.15) is 13.2 Å². The van der Waals surface area contributed by atoms with Crippen LogP contribution in [-0.2, 0) is 0 Å². The Hall–Kier alpha value is -0.0700. The van der Waals surface area contributed by atoms with E-state index in [9.17, 15) is 13.2 Å². The number of thioether (sulfide) groups is 1. The van der Waals surface area contributed by atoms with Gasteiger partial charge in [-0.15, -0.1) is 11.8 Å². The Balaban J connectivity index is 2.62. The average molecular weight is 350 g/mol. The fraction of sp³-hybridized carbons (Fsp3) is 0.400. The van der Waals surface area contributed by atoms with Gasteiger partial charge in [0.15, 0.2) is 0 Å². The molecule has 0 unspecified atom stereocenters. The quantitative estimate of drug-likeness (QED) is 0.559. The lowest BCUT2D eigenvalue weighted by atomic mass is 10.3. The molecule has 0 atom stereocenters. The van der Waals surface area contributed by atoms with Gasteiger partial charge in [-0.05, 0) is 18.2 Å². The maximum Gasteiger partial charge on any atom is 0.398 e. The first-order valence-corrected chi connectivity index (χ1v) is 7.09. The van der Waals surface area contributed by atoms with Gasteiger partial charge in [-0.1, -0.05) is 27.5 Å². The van der Waals surface area contributed by atoms with Crippen LogP contribution >= 0.6 is 39.3 Å². The normalized spacial score (nSPS) is 11.6. The van der Waals surface area contributed by atoms with Crippen LogP contribution in [0.2, 0.25) is 5.02 Å². The monoisotopic (exact) mass is 348 g/mol. The second-order valence-corrected chi connectivity index (χ2v) is 5.28. The number of hydrogen-bond acceptors (Lipinski definition) is 2. The molecule has 1 aromatic rings. The Labute approximate surface area is 115 Å². The third kappa shape index (κ3) is 5.88. The van der Waals surface area contributed by atoms with Crippen molar-refractivity contribution in [2.75, 3.05) is 17.7 Å². The van der Waals surface area contributed by atoms with Crippen molar-refractivity contribution >= 4 is 39.3 Å². The fourth-order valence-corrected chi connectivity index (χ4v) is 2.16. The van der Waals surface area contributed by atoms with E-state index >= 15 is 0 Å². The smallest absolute Gasteiger partial charge is 0.398 e. The highest BCUT2D eigenvalue weighted by atomic mass is 79.9. The summed E-state index contributed by atoms with van der Waals surface area (Å²) in [7, 11) is 0. The first kappa shape index (κ1) is 15.0. The van der Waals surface area contributed by atoms with Gasteiger partial charge in [0.2, 0.25) is 0 Å². The van der Waals surface area contributed by atoms with Crippen molar-refractivity contribution in [1.82, 2.24) is 0 Å². The van der Waals surface area contributed by atoms with Crippen LogP contribution in [0, 0.1) is 0 Å². The van der Waals surface area contributed by atoms with Crippen molar-refractivity contribution < 1.29 is 17.9 Å². The third-order valence-corrected chi connectivity index (χ3v) is 3.32. The van der Waals surface area contributed by atoms with Crippen molar-refractivity contribution in [2.24, 2.45) is 0 Å². The molecule has 0 N–H and O–H groups in total. The van der Waals surface area contributed by atoms with Crippen molar-refractivity contribution in [3.63, 3.8) is 0 Å². The van der Waals surface area contributed by atoms with Gasteiger partial charge in [0.05, 0.1) is 17.4 Å².